The van der Waals surface area contributed by atoms with Crippen LogP contribution >= 0.6 is 0 Å². The van der Waals surface area contributed by atoms with Gasteiger partial charge in [-0.05, 0) is 66.6 Å². The number of carbonyl (C=O) groups excluding carboxylic acids is 2. The van der Waals surface area contributed by atoms with Crippen molar-refractivity contribution in [2.24, 2.45) is 0 Å². The zero-order valence-electron chi connectivity index (χ0n) is 24.1. The lowest BCUT2D eigenvalue weighted by Crippen LogP contribution is -2.52. The molecule has 0 aliphatic rings. The second kappa shape index (κ2) is 14.1. The van der Waals surface area contributed by atoms with Crippen molar-refractivity contribution in [1.82, 2.24) is 10.2 Å². The minimum atomic E-state index is -4.08. The Morgan fingerprint density at radius 1 is 0.875 bits per heavy atom. The monoisotopic (exact) mass is 563 g/mol. The van der Waals surface area contributed by atoms with E-state index in [1.807, 2.05) is 57.2 Å². The van der Waals surface area contributed by atoms with E-state index in [-0.39, 0.29) is 23.3 Å². The van der Waals surface area contributed by atoms with E-state index in [0.717, 1.165) is 27.4 Å². The number of nitrogens with zero attached hydrogens (tertiary/aromatic N) is 2. The molecule has 1 atom stereocenters. The van der Waals surface area contributed by atoms with E-state index in [1.165, 1.54) is 17.0 Å². The molecule has 0 aliphatic heterocycles. The first-order chi connectivity index (χ1) is 19.1. The largest absolute Gasteiger partial charge is 0.354 e. The fourth-order valence-corrected chi connectivity index (χ4v) is 5.97. The summed E-state index contributed by atoms with van der Waals surface area (Å²) in [7, 11) is -4.08. The minimum Gasteiger partial charge on any atom is -0.354 e. The maximum absolute atomic E-state index is 14.1. The molecule has 0 aromatic heterocycles. The number of benzene rings is 3. The van der Waals surface area contributed by atoms with Crippen molar-refractivity contribution in [3.05, 3.63) is 95.6 Å². The standard InChI is InChI=1S/C32H41N3O4S/c1-6-21-33-32(37)30(7-2)34(22-27-14-12-11-13-25(27)5)31(36)23-35(28-19-17-26(18-20-28)24(3)4)40(38,39)29-15-9-8-10-16-29/h8-20,24,30H,6-7,21-23H2,1-5H3,(H,33,37)/t30-/m1/s1. The first kappa shape index (κ1) is 30.9. The predicted octanol–water partition coefficient (Wildman–Crippen LogP) is 5.65. The molecule has 0 saturated heterocycles. The molecule has 1 N–H and O–H groups in total. The highest BCUT2D eigenvalue weighted by Crippen LogP contribution is 2.27. The van der Waals surface area contributed by atoms with Gasteiger partial charge in [0, 0.05) is 13.1 Å². The number of aryl methyl sites for hydroxylation is 1. The molecular weight excluding hydrogens is 522 g/mol. The fraction of sp³-hybridized carbons (Fsp3) is 0.375. The first-order valence-electron chi connectivity index (χ1n) is 13.9. The Kier molecular flexibility index (Phi) is 10.9. The fourth-order valence-electron chi connectivity index (χ4n) is 4.53. The molecule has 2 amide bonds. The van der Waals surface area contributed by atoms with E-state index in [4.69, 9.17) is 0 Å². The third-order valence-corrected chi connectivity index (χ3v) is 8.78. The van der Waals surface area contributed by atoms with Crippen LogP contribution in [0.1, 0.15) is 63.1 Å². The Morgan fingerprint density at radius 2 is 1.50 bits per heavy atom. The van der Waals surface area contributed by atoms with Gasteiger partial charge in [-0.25, -0.2) is 8.42 Å². The molecule has 0 spiro atoms. The number of amides is 2. The van der Waals surface area contributed by atoms with Crippen LogP contribution < -0.4 is 9.62 Å². The third-order valence-electron chi connectivity index (χ3n) is 6.99. The molecule has 40 heavy (non-hydrogen) atoms. The van der Waals surface area contributed by atoms with Gasteiger partial charge in [-0.1, -0.05) is 82.3 Å². The minimum absolute atomic E-state index is 0.0916. The molecule has 0 unspecified atom stereocenters. The highest BCUT2D eigenvalue weighted by Gasteiger charge is 2.33. The van der Waals surface area contributed by atoms with Crippen molar-refractivity contribution in [2.45, 2.75) is 70.9 Å². The molecule has 0 saturated carbocycles. The van der Waals surface area contributed by atoms with Crippen LogP contribution in [0.25, 0.3) is 0 Å². The van der Waals surface area contributed by atoms with Gasteiger partial charge in [0.1, 0.15) is 12.6 Å². The summed E-state index contributed by atoms with van der Waals surface area (Å²) < 4.78 is 29.0. The van der Waals surface area contributed by atoms with Crippen LogP contribution in [-0.4, -0.2) is 44.3 Å². The Labute approximate surface area is 239 Å². The lowest BCUT2D eigenvalue weighted by Gasteiger charge is -2.33. The summed E-state index contributed by atoms with van der Waals surface area (Å²) >= 11 is 0. The van der Waals surface area contributed by atoms with Gasteiger partial charge in [0.05, 0.1) is 10.6 Å². The molecule has 3 aromatic carbocycles. The third kappa shape index (κ3) is 7.50. The molecule has 0 fully saturated rings. The van der Waals surface area contributed by atoms with Crippen molar-refractivity contribution in [2.75, 3.05) is 17.4 Å². The lowest BCUT2D eigenvalue weighted by atomic mass is 10.0. The van der Waals surface area contributed by atoms with E-state index >= 15 is 0 Å². The summed E-state index contributed by atoms with van der Waals surface area (Å²) in [6.45, 7) is 10.2. The van der Waals surface area contributed by atoms with E-state index in [9.17, 15) is 18.0 Å². The number of hydrogen-bond acceptors (Lipinski definition) is 4. The topological polar surface area (TPSA) is 86.8 Å². The molecule has 3 aromatic rings. The molecule has 0 bridgehead atoms. The van der Waals surface area contributed by atoms with E-state index in [2.05, 4.69) is 19.2 Å². The summed E-state index contributed by atoms with van der Waals surface area (Å²) in [5.41, 5.74) is 3.34. The van der Waals surface area contributed by atoms with E-state index in [0.29, 0.717) is 18.7 Å². The van der Waals surface area contributed by atoms with E-state index in [1.54, 1.807) is 30.3 Å². The van der Waals surface area contributed by atoms with Crippen LogP contribution in [0.5, 0.6) is 0 Å². The molecule has 0 aliphatic carbocycles. The van der Waals surface area contributed by atoms with Gasteiger partial charge < -0.3 is 10.2 Å². The van der Waals surface area contributed by atoms with Gasteiger partial charge >= 0.3 is 0 Å². The number of carbonyl (C=O) groups is 2. The van der Waals surface area contributed by atoms with Crippen molar-refractivity contribution in [3.63, 3.8) is 0 Å². The summed E-state index contributed by atoms with van der Waals surface area (Å²) in [5.74, 6) is -0.425. The van der Waals surface area contributed by atoms with E-state index < -0.39 is 28.5 Å². The average molecular weight is 564 g/mol. The van der Waals surface area contributed by atoms with Crippen molar-refractivity contribution in [1.29, 1.82) is 0 Å². The molecule has 3 rings (SSSR count). The summed E-state index contributed by atoms with van der Waals surface area (Å²) in [4.78, 5) is 28.9. The van der Waals surface area contributed by atoms with Crippen molar-refractivity contribution < 1.29 is 18.0 Å². The predicted molar refractivity (Wildman–Crippen MR) is 161 cm³/mol. The van der Waals surface area contributed by atoms with Crippen LogP contribution in [0, 0.1) is 6.92 Å². The van der Waals surface area contributed by atoms with Crippen LogP contribution in [-0.2, 0) is 26.2 Å². The van der Waals surface area contributed by atoms with Gasteiger partial charge in [0.2, 0.25) is 11.8 Å². The molecule has 7 nitrogen and oxygen atoms in total. The second-order valence-electron chi connectivity index (χ2n) is 10.2. The van der Waals surface area contributed by atoms with Gasteiger partial charge in [-0.15, -0.1) is 0 Å². The summed E-state index contributed by atoms with van der Waals surface area (Å²) in [5, 5.41) is 2.91. The zero-order valence-corrected chi connectivity index (χ0v) is 24.9. The molecule has 0 radical (unpaired) electrons. The normalized spacial score (nSPS) is 12.2. The maximum atomic E-state index is 14.1. The SMILES string of the molecule is CCCNC(=O)[C@@H](CC)N(Cc1ccccc1C)C(=O)CN(c1ccc(C(C)C)cc1)S(=O)(=O)c1ccccc1. The number of nitrogens with one attached hydrogen (secondary N) is 1. The number of hydrogen-bond donors (Lipinski definition) is 1. The molecule has 0 heterocycles. The maximum Gasteiger partial charge on any atom is 0.264 e. The summed E-state index contributed by atoms with van der Waals surface area (Å²) in [6, 6.07) is 22.3. The Hall–Kier alpha value is -3.65. The Bertz CT molecular complexity index is 1370. The van der Waals surface area contributed by atoms with Crippen LogP contribution in [0.15, 0.2) is 83.8 Å². The molecular formula is C32H41N3O4S. The van der Waals surface area contributed by atoms with Gasteiger partial charge in [-0.2, -0.15) is 0 Å². The smallest absolute Gasteiger partial charge is 0.264 e. The number of rotatable bonds is 13. The highest BCUT2D eigenvalue weighted by atomic mass is 32.2. The van der Waals surface area contributed by atoms with Gasteiger partial charge in [-0.3, -0.25) is 13.9 Å². The summed E-state index contributed by atoms with van der Waals surface area (Å²) in [6.07, 6.45) is 1.16. The second-order valence-corrected chi connectivity index (χ2v) is 12.1. The molecule has 214 valence electrons. The first-order valence-corrected chi connectivity index (χ1v) is 15.3. The Balaban J connectivity index is 2.06. The quantitative estimate of drug-likeness (QED) is 0.291. The van der Waals surface area contributed by atoms with Gasteiger partial charge in [0.15, 0.2) is 0 Å². The molecule has 8 heteroatoms. The Morgan fingerprint density at radius 3 is 2.08 bits per heavy atom. The lowest BCUT2D eigenvalue weighted by molar-refractivity contribution is -0.140. The van der Waals surface area contributed by atoms with Crippen LogP contribution in [0.4, 0.5) is 5.69 Å². The van der Waals surface area contributed by atoms with Gasteiger partial charge in [0.25, 0.3) is 10.0 Å². The van der Waals surface area contributed by atoms with Crippen LogP contribution in [0.3, 0.4) is 0 Å². The van der Waals surface area contributed by atoms with Crippen molar-refractivity contribution in [3.8, 4) is 0 Å². The zero-order chi connectivity index (χ0) is 29.3. The van der Waals surface area contributed by atoms with Crippen LogP contribution in [0.2, 0.25) is 0 Å². The highest BCUT2D eigenvalue weighted by molar-refractivity contribution is 7.92. The number of sulfonamides is 1. The van der Waals surface area contributed by atoms with Crippen molar-refractivity contribution >= 4 is 27.5 Å². The average Bonchev–Trinajstić information content (AvgIpc) is 2.96. The number of anilines is 1.